The SMILES string of the molecule is O=C(NC[C@@H](O)c1ccccc1Cl)[C@@H]1COc2ccccc21. The van der Waals surface area contributed by atoms with Crippen molar-refractivity contribution in [3.8, 4) is 5.75 Å². The molecule has 1 aliphatic rings. The summed E-state index contributed by atoms with van der Waals surface area (Å²) in [5.74, 6) is 0.250. The van der Waals surface area contributed by atoms with E-state index in [0.717, 1.165) is 11.3 Å². The van der Waals surface area contributed by atoms with Crippen LogP contribution in [0.5, 0.6) is 5.75 Å². The third-order valence-electron chi connectivity index (χ3n) is 3.75. The fraction of sp³-hybridized carbons (Fsp3) is 0.235. The van der Waals surface area contributed by atoms with Crippen LogP contribution in [-0.2, 0) is 4.79 Å². The fourth-order valence-electron chi connectivity index (χ4n) is 2.56. The molecule has 0 spiro atoms. The van der Waals surface area contributed by atoms with Gasteiger partial charge >= 0.3 is 0 Å². The quantitative estimate of drug-likeness (QED) is 0.911. The van der Waals surface area contributed by atoms with Gasteiger partial charge in [0.25, 0.3) is 0 Å². The molecule has 2 atom stereocenters. The highest BCUT2D eigenvalue weighted by molar-refractivity contribution is 6.31. The number of ether oxygens (including phenoxy) is 1. The lowest BCUT2D eigenvalue weighted by atomic mass is 10.0. The van der Waals surface area contributed by atoms with Gasteiger partial charge in [-0.2, -0.15) is 0 Å². The number of carbonyl (C=O) groups excluding carboxylic acids is 1. The molecule has 0 aromatic heterocycles. The van der Waals surface area contributed by atoms with Gasteiger partial charge in [-0.3, -0.25) is 4.79 Å². The van der Waals surface area contributed by atoms with Crippen molar-refractivity contribution in [1.29, 1.82) is 0 Å². The highest BCUT2D eigenvalue weighted by atomic mass is 35.5. The smallest absolute Gasteiger partial charge is 0.231 e. The first-order valence-corrected chi connectivity index (χ1v) is 7.46. The first kappa shape index (κ1) is 14.9. The first-order valence-electron chi connectivity index (χ1n) is 7.08. The number of benzene rings is 2. The Hall–Kier alpha value is -2.04. The Balaban J connectivity index is 1.63. The van der Waals surface area contributed by atoms with Crippen molar-refractivity contribution < 1.29 is 14.6 Å². The van der Waals surface area contributed by atoms with Crippen LogP contribution >= 0.6 is 11.6 Å². The third kappa shape index (κ3) is 2.93. The predicted molar refractivity (Wildman–Crippen MR) is 84.1 cm³/mol. The number of para-hydroxylation sites is 1. The van der Waals surface area contributed by atoms with Gasteiger partial charge in [-0.1, -0.05) is 48.0 Å². The van der Waals surface area contributed by atoms with Crippen LogP contribution in [0, 0.1) is 0 Å². The van der Waals surface area contributed by atoms with Crippen molar-refractivity contribution in [2.24, 2.45) is 0 Å². The Morgan fingerprint density at radius 3 is 2.82 bits per heavy atom. The summed E-state index contributed by atoms with van der Waals surface area (Å²) in [6.07, 6.45) is -0.838. The van der Waals surface area contributed by atoms with E-state index in [9.17, 15) is 9.90 Å². The van der Waals surface area contributed by atoms with Crippen molar-refractivity contribution >= 4 is 17.5 Å². The Labute approximate surface area is 133 Å². The maximum absolute atomic E-state index is 12.3. The Bertz CT molecular complexity index is 689. The molecule has 3 rings (SSSR count). The van der Waals surface area contributed by atoms with Crippen molar-refractivity contribution in [2.75, 3.05) is 13.2 Å². The molecule has 1 aliphatic heterocycles. The zero-order valence-electron chi connectivity index (χ0n) is 11.8. The molecule has 0 unspecified atom stereocenters. The third-order valence-corrected chi connectivity index (χ3v) is 4.09. The average molecular weight is 318 g/mol. The molecule has 2 aromatic rings. The lowest BCUT2D eigenvalue weighted by Gasteiger charge is -2.15. The molecule has 4 nitrogen and oxygen atoms in total. The van der Waals surface area contributed by atoms with Gasteiger partial charge in [0.15, 0.2) is 0 Å². The largest absolute Gasteiger partial charge is 0.492 e. The number of nitrogens with one attached hydrogen (secondary N) is 1. The maximum atomic E-state index is 12.3. The number of aliphatic hydroxyl groups excluding tert-OH is 1. The molecule has 2 N–H and O–H groups in total. The van der Waals surface area contributed by atoms with Crippen LogP contribution in [0.3, 0.4) is 0 Å². The minimum atomic E-state index is -0.838. The van der Waals surface area contributed by atoms with E-state index in [4.69, 9.17) is 16.3 Å². The second kappa shape index (κ2) is 6.38. The van der Waals surface area contributed by atoms with Gasteiger partial charge in [0.05, 0.1) is 6.10 Å². The van der Waals surface area contributed by atoms with Crippen LogP contribution in [0.1, 0.15) is 23.1 Å². The number of hydrogen-bond acceptors (Lipinski definition) is 3. The van der Waals surface area contributed by atoms with E-state index in [-0.39, 0.29) is 18.4 Å². The summed E-state index contributed by atoms with van der Waals surface area (Å²) in [6, 6.07) is 14.5. The molecule has 0 bridgehead atoms. The maximum Gasteiger partial charge on any atom is 0.231 e. The summed E-state index contributed by atoms with van der Waals surface area (Å²) in [6.45, 7) is 0.439. The normalized spacial score (nSPS) is 17.5. The molecule has 0 aliphatic carbocycles. The van der Waals surface area contributed by atoms with Crippen molar-refractivity contribution in [1.82, 2.24) is 5.32 Å². The first-order chi connectivity index (χ1) is 10.7. The van der Waals surface area contributed by atoms with Gasteiger partial charge in [0.1, 0.15) is 18.3 Å². The standard InChI is InChI=1S/C17H16ClNO3/c18-14-7-3-1-6-12(14)15(20)9-19-17(21)13-10-22-16-8-4-2-5-11(13)16/h1-8,13,15,20H,9-10H2,(H,19,21)/t13-,15-/m1/s1. The van der Waals surface area contributed by atoms with E-state index < -0.39 is 6.10 Å². The Kier molecular flexibility index (Phi) is 4.32. The lowest BCUT2D eigenvalue weighted by molar-refractivity contribution is -0.123. The van der Waals surface area contributed by atoms with E-state index in [2.05, 4.69) is 5.32 Å². The fourth-order valence-corrected chi connectivity index (χ4v) is 2.82. The molecule has 2 aromatic carbocycles. The molecule has 5 heteroatoms. The number of halogens is 1. The van der Waals surface area contributed by atoms with Crippen molar-refractivity contribution in [3.05, 3.63) is 64.7 Å². The average Bonchev–Trinajstić information content (AvgIpc) is 2.97. The number of carbonyl (C=O) groups is 1. The van der Waals surface area contributed by atoms with E-state index >= 15 is 0 Å². The van der Waals surface area contributed by atoms with Gasteiger partial charge < -0.3 is 15.2 Å². The number of amides is 1. The monoisotopic (exact) mass is 317 g/mol. The number of hydrogen-bond donors (Lipinski definition) is 2. The van der Waals surface area contributed by atoms with Crippen LogP contribution < -0.4 is 10.1 Å². The zero-order chi connectivity index (χ0) is 15.5. The van der Waals surface area contributed by atoms with Crippen molar-refractivity contribution in [2.45, 2.75) is 12.0 Å². The van der Waals surface area contributed by atoms with Crippen molar-refractivity contribution in [3.63, 3.8) is 0 Å². The highest BCUT2D eigenvalue weighted by Crippen LogP contribution is 2.33. The Morgan fingerprint density at radius 2 is 2.00 bits per heavy atom. The zero-order valence-corrected chi connectivity index (χ0v) is 12.6. The predicted octanol–water partition coefficient (Wildman–Crippen LogP) is 2.67. The number of fused-ring (bicyclic) bond motifs is 1. The summed E-state index contributed by atoms with van der Waals surface area (Å²) in [5.41, 5.74) is 1.49. The highest BCUT2D eigenvalue weighted by Gasteiger charge is 2.30. The number of aliphatic hydroxyl groups is 1. The summed E-state index contributed by atoms with van der Waals surface area (Å²) in [5, 5.41) is 13.4. The minimum Gasteiger partial charge on any atom is -0.492 e. The minimum absolute atomic E-state index is 0.112. The lowest BCUT2D eigenvalue weighted by Crippen LogP contribution is -2.33. The van der Waals surface area contributed by atoms with Crippen LogP contribution in [0.2, 0.25) is 5.02 Å². The molecule has 0 saturated carbocycles. The van der Waals surface area contributed by atoms with Crippen LogP contribution in [0.4, 0.5) is 0 Å². The topological polar surface area (TPSA) is 58.6 Å². The molecule has 1 amide bonds. The summed E-state index contributed by atoms with van der Waals surface area (Å²) in [7, 11) is 0. The molecule has 1 heterocycles. The molecular weight excluding hydrogens is 302 g/mol. The summed E-state index contributed by atoms with van der Waals surface area (Å²) >= 11 is 6.04. The van der Waals surface area contributed by atoms with Crippen LogP contribution in [-0.4, -0.2) is 24.2 Å². The Morgan fingerprint density at radius 1 is 1.27 bits per heavy atom. The van der Waals surface area contributed by atoms with Gasteiger partial charge in [-0.05, 0) is 12.1 Å². The summed E-state index contributed by atoms with van der Waals surface area (Å²) in [4.78, 5) is 12.3. The van der Waals surface area contributed by atoms with Gasteiger partial charge in [0.2, 0.25) is 5.91 Å². The second-order valence-electron chi connectivity index (χ2n) is 5.18. The van der Waals surface area contributed by atoms with Gasteiger partial charge in [-0.25, -0.2) is 0 Å². The molecule has 22 heavy (non-hydrogen) atoms. The van der Waals surface area contributed by atoms with Crippen LogP contribution in [0.25, 0.3) is 0 Å². The van der Waals surface area contributed by atoms with Gasteiger partial charge in [-0.15, -0.1) is 0 Å². The van der Waals surface area contributed by atoms with Gasteiger partial charge in [0, 0.05) is 22.7 Å². The molecule has 0 radical (unpaired) electrons. The van der Waals surface area contributed by atoms with E-state index in [1.165, 1.54) is 0 Å². The molecule has 0 saturated heterocycles. The molecular formula is C17H16ClNO3. The van der Waals surface area contributed by atoms with E-state index in [1.54, 1.807) is 24.3 Å². The van der Waals surface area contributed by atoms with E-state index in [1.807, 2.05) is 24.3 Å². The molecule has 114 valence electrons. The van der Waals surface area contributed by atoms with Crippen LogP contribution in [0.15, 0.2) is 48.5 Å². The number of rotatable bonds is 4. The second-order valence-corrected chi connectivity index (χ2v) is 5.59. The van der Waals surface area contributed by atoms with E-state index in [0.29, 0.717) is 17.2 Å². The summed E-state index contributed by atoms with van der Waals surface area (Å²) < 4.78 is 5.50. The molecule has 0 fully saturated rings.